The van der Waals surface area contributed by atoms with Crippen molar-refractivity contribution in [2.45, 2.75) is 26.8 Å². The maximum Gasteiger partial charge on any atom is 0.228 e. The highest BCUT2D eigenvalue weighted by atomic mass is 79.9. The van der Waals surface area contributed by atoms with E-state index in [0.717, 1.165) is 10.0 Å². The topological polar surface area (TPSA) is 46.3 Å². The minimum Gasteiger partial charge on any atom is -0.341 e. The molecule has 0 aliphatic carbocycles. The first-order valence-electron chi connectivity index (χ1n) is 6.07. The Bertz CT molecular complexity index is 401. The molecule has 1 amide bonds. The van der Waals surface area contributed by atoms with Crippen molar-refractivity contribution in [2.24, 2.45) is 11.1 Å². The molecule has 0 radical (unpaired) electrons. The van der Waals surface area contributed by atoms with Gasteiger partial charge in [-0.25, -0.2) is 0 Å². The largest absolute Gasteiger partial charge is 0.341 e. The lowest BCUT2D eigenvalue weighted by atomic mass is 9.87. The molecule has 2 N–H and O–H groups in total. The number of hydrogen-bond donors (Lipinski definition) is 1. The molecule has 100 valence electrons. The molecule has 0 unspecified atom stereocenters. The first-order chi connectivity index (χ1) is 8.36. The smallest absolute Gasteiger partial charge is 0.228 e. The Labute approximate surface area is 117 Å². The van der Waals surface area contributed by atoms with E-state index in [2.05, 4.69) is 15.9 Å². The van der Waals surface area contributed by atoms with Crippen LogP contribution in [-0.4, -0.2) is 24.4 Å². The Morgan fingerprint density at radius 3 is 2.39 bits per heavy atom. The summed E-state index contributed by atoms with van der Waals surface area (Å²) in [5.41, 5.74) is 6.28. The highest BCUT2D eigenvalue weighted by Crippen LogP contribution is 2.23. The third kappa shape index (κ3) is 4.10. The maximum absolute atomic E-state index is 12.3. The minimum absolute atomic E-state index is 0.135. The summed E-state index contributed by atoms with van der Waals surface area (Å²) < 4.78 is 1.05. The number of carbonyl (C=O) groups excluding carboxylic acids is 1. The van der Waals surface area contributed by atoms with Crippen LogP contribution >= 0.6 is 15.9 Å². The Balaban J connectivity index is 2.67. The van der Waals surface area contributed by atoms with E-state index >= 15 is 0 Å². The Hall–Kier alpha value is -0.870. The summed E-state index contributed by atoms with van der Waals surface area (Å²) in [6.45, 7) is 5.05. The zero-order chi connectivity index (χ0) is 13.8. The second-order valence-electron chi connectivity index (χ2n) is 5.21. The van der Waals surface area contributed by atoms with Gasteiger partial charge in [0, 0.05) is 23.5 Å². The summed E-state index contributed by atoms with van der Waals surface area (Å²) in [5.74, 6) is 0.135. The number of halogens is 1. The predicted molar refractivity (Wildman–Crippen MR) is 78.1 cm³/mol. The van der Waals surface area contributed by atoms with E-state index in [1.165, 1.54) is 0 Å². The molecule has 0 fully saturated rings. The fourth-order valence-corrected chi connectivity index (χ4v) is 2.18. The second-order valence-corrected chi connectivity index (χ2v) is 6.13. The van der Waals surface area contributed by atoms with E-state index in [-0.39, 0.29) is 5.91 Å². The van der Waals surface area contributed by atoms with Gasteiger partial charge in [-0.2, -0.15) is 0 Å². The highest BCUT2D eigenvalue weighted by Gasteiger charge is 2.29. The molecular formula is C14H21BrN2O. The quantitative estimate of drug-likeness (QED) is 0.908. The number of benzene rings is 1. The van der Waals surface area contributed by atoms with E-state index in [9.17, 15) is 4.79 Å². The number of carbonyl (C=O) groups is 1. The molecule has 18 heavy (non-hydrogen) atoms. The molecule has 1 rings (SSSR count). The first kappa shape index (κ1) is 15.2. The molecule has 0 aliphatic rings. The van der Waals surface area contributed by atoms with Gasteiger partial charge in [0.25, 0.3) is 0 Å². The van der Waals surface area contributed by atoms with Crippen molar-refractivity contribution in [2.75, 3.05) is 13.6 Å². The van der Waals surface area contributed by atoms with Crippen molar-refractivity contribution in [1.29, 1.82) is 0 Å². The molecule has 0 aromatic heterocycles. The van der Waals surface area contributed by atoms with Gasteiger partial charge in [0.2, 0.25) is 5.91 Å². The van der Waals surface area contributed by atoms with Gasteiger partial charge < -0.3 is 10.6 Å². The summed E-state index contributed by atoms with van der Waals surface area (Å²) in [5, 5.41) is 0. The number of nitrogens with two attached hydrogens (primary N) is 1. The van der Waals surface area contributed by atoms with Crippen molar-refractivity contribution < 1.29 is 4.79 Å². The number of hydrogen-bond acceptors (Lipinski definition) is 2. The third-order valence-corrected chi connectivity index (χ3v) is 3.56. The second kappa shape index (κ2) is 6.34. The number of amides is 1. The van der Waals surface area contributed by atoms with Crippen LogP contribution < -0.4 is 5.73 Å². The van der Waals surface area contributed by atoms with Gasteiger partial charge in [0.05, 0.1) is 0 Å². The van der Waals surface area contributed by atoms with Crippen molar-refractivity contribution in [3.63, 3.8) is 0 Å². The fraction of sp³-hybridized carbons (Fsp3) is 0.500. The molecule has 0 saturated heterocycles. The molecule has 4 heteroatoms. The molecule has 0 atom stereocenters. The lowest BCUT2D eigenvalue weighted by molar-refractivity contribution is -0.139. The van der Waals surface area contributed by atoms with Gasteiger partial charge in [-0.1, -0.05) is 41.9 Å². The number of nitrogens with zero attached hydrogens (tertiary/aromatic N) is 1. The van der Waals surface area contributed by atoms with Crippen molar-refractivity contribution in [1.82, 2.24) is 4.90 Å². The number of rotatable bonds is 5. The maximum atomic E-state index is 12.3. The Kier molecular flexibility index (Phi) is 5.35. The lowest BCUT2D eigenvalue weighted by Crippen LogP contribution is -2.39. The molecule has 1 aromatic rings. The predicted octanol–water partition coefficient (Wildman–Crippen LogP) is 2.78. The van der Waals surface area contributed by atoms with Crippen LogP contribution in [0.15, 0.2) is 28.7 Å². The van der Waals surface area contributed by atoms with E-state index in [1.54, 1.807) is 4.90 Å². The average molecular weight is 313 g/mol. The summed E-state index contributed by atoms with van der Waals surface area (Å²) in [7, 11) is 1.84. The normalized spacial score (nSPS) is 11.4. The average Bonchev–Trinajstić information content (AvgIpc) is 2.31. The molecule has 0 bridgehead atoms. The Morgan fingerprint density at radius 2 is 1.89 bits per heavy atom. The van der Waals surface area contributed by atoms with Crippen LogP contribution in [0.1, 0.15) is 25.8 Å². The van der Waals surface area contributed by atoms with Crippen LogP contribution in [0.4, 0.5) is 0 Å². The van der Waals surface area contributed by atoms with Crippen LogP contribution in [-0.2, 0) is 11.3 Å². The van der Waals surface area contributed by atoms with E-state index in [0.29, 0.717) is 19.5 Å². The van der Waals surface area contributed by atoms with Gasteiger partial charge in [0.15, 0.2) is 0 Å². The van der Waals surface area contributed by atoms with Crippen molar-refractivity contribution >= 4 is 21.8 Å². The Morgan fingerprint density at radius 1 is 1.33 bits per heavy atom. The van der Waals surface area contributed by atoms with Gasteiger partial charge in [-0.15, -0.1) is 0 Å². The van der Waals surface area contributed by atoms with Gasteiger partial charge in [-0.05, 0) is 30.7 Å². The van der Waals surface area contributed by atoms with Crippen LogP contribution in [0.3, 0.4) is 0 Å². The van der Waals surface area contributed by atoms with E-state index in [1.807, 2.05) is 45.2 Å². The SMILES string of the molecule is CN(Cc1ccc(Br)cc1)C(=O)C(C)(C)CCN. The van der Waals surface area contributed by atoms with Crippen molar-refractivity contribution in [3.05, 3.63) is 34.3 Å². The lowest BCUT2D eigenvalue weighted by Gasteiger charge is -2.29. The van der Waals surface area contributed by atoms with Crippen LogP contribution in [0.2, 0.25) is 0 Å². The third-order valence-electron chi connectivity index (χ3n) is 3.03. The van der Waals surface area contributed by atoms with Crippen LogP contribution in [0, 0.1) is 5.41 Å². The molecule has 0 saturated carbocycles. The summed E-state index contributed by atoms with van der Waals surface area (Å²) in [6, 6.07) is 8.00. The van der Waals surface area contributed by atoms with Crippen LogP contribution in [0.5, 0.6) is 0 Å². The van der Waals surface area contributed by atoms with E-state index < -0.39 is 5.41 Å². The molecule has 0 aliphatic heterocycles. The zero-order valence-electron chi connectivity index (χ0n) is 11.2. The molecule has 0 heterocycles. The first-order valence-corrected chi connectivity index (χ1v) is 6.86. The standard InChI is InChI=1S/C14H21BrN2O/c1-14(2,8-9-16)13(18)17(3)10-11-4-6-12(15)7-5-11/h4-7H,8-10,16H2,1-3H3. The van der Waals surface area contributed by atoms with Gasteiger partial charge >= 0.3 is 0 Å². The highest BCUT2D eigenvalue weighted by molar-refractivity contribution is 9.10. The van der Waals surface area contributed by atoms with E-state index in [4.69, 9.17) is 5.73 Å². The summed E-state index contributed by atoms with van der Waals surface area (Å²) >= 11 is 3.40. The zero-order valence-corrected chi connectivity index (χ0v) is 12.8. The minimum atomic E-state index is -0.390. The monoisotopic (exact) mass is 312 g/mol. The summed E-state index contributed by atoms with van der Waals surface area (Å²) in [6.07, 6.45) is 0.705. The molecule has 1 aromatic carbocycles. The fourth-order valence-electron chi connectivity index (χ4n) is 1.92. The van der Waals surface area contributed by atoms with Gasteiger partial charge in [-0.3, -0.25) is 4.79 Å². The van der Waals surface area contributed by atoms with Crippen LogP contribution in [0.25, 0.3) is 0 Å². The van der Waals surface area contributed by atoms with Crippen molar-refractivity contribution in [3.8, 4) is 0 Å². The van der Waals surface area contributed by atoms with Gasteiger partial charge in [0.1, 0.15) is 0 Å². The molecule has 0 spiro atoms. The molecular weight excluding hydrogens is 292 g/mol. The molecule has 3 nitrogen and oxygen atoms in total. The summed E-state index contributed by atoms with van der Waals surface area (Å²) in [4.78, 5) is 14.0.